The topological polar surface area (TPSA) is 43.1 Å². The van der Waals surface area contributed by atoms with E-state index in [0.29, 0.717) is 12.8 Å². The second kappa shape index (κ2) is 1.46. The van der Waals surface area contributed by atoms with Crippen LogP contribution in [0.15, 0.2) is 0 Å². The summed E-state index contributed by atoms with van der Waals surface area (Å²) in [6.07, 6.45) is 3.40. The molecule has 0 aromatic rings. The van der Waals surface area contributed by atoms with E-state index in [1.54, 1.807) is 0 Å². The summed E-state index contributed by atoms with van der Waals surface area (Å²) in [5.41, 5.74) is 0. The van der Waals surface area contributed by atoms with Gasteiger partial charge >= 0.3 is 0 Å². The van der Waals surface area contributed by atoms with E-state index >= 15 is 0 Å². The zero-order chi connectivity index (χ0) is 5.33. The van der Waals surface area contributed by atoms with Gasteiger partial charge in [0, 0.05) is 0 Å². The maximum Gasteiger partial charge on any atom is 0.270 e. The third kappa shape index (κ3) is 1.14. The van der Waals surface area contributed by atoms with E-state index in [9.17, 15) is 0 Å². The predicted molar refractivity (Wildman–Crippen MR) is 27.0 cm³/mol. The van der Waals surface area contributed by atoms with Gasteiger partial charge in [-0.05, 0) is 12.8 Å². The quantitative estimate of drug-likeness (QED) is 0.339. The second-order valence-electron chi connectivity index (χ2n) is 2.24. The first-order chi connectivity index (χ1) is 3.21. The van der Waals surface area contributed by atoms with Crippen molar-refractivity contribution in [3.8, 4) is 0 Å². The van der Waals surface area contributed by atoms with Crippen LogP contribution in [-0.2, 0) is 0 Å². The van der Waals surface area contributed by atoms with Crippen LogP contribution in [0, 0.1) is 0 Å². The molecule has 3 N–H and O–H groups in total. The Morgan fingerprint density at radius 2 is 1.71 bits per heavy atom. The van der Waals surface area contributed by atoms with Gasteiger partial charge in [-0.15, -0.1) is 0 Å². The SMILES string of the molecule is OC1([OH2+])CCCC1. The van der Waals surface area contributed by atoms with Crippen LogP contribution in [0.4, 0.5) is 0 Å². The molecule has 0 aromatic heterocycles. The van der Waals surface area contributed by atoms with E-state index in [4.69, 9.17) is 10.2 Å². The molecule has 0 bridgehead atoms. The molecule has 1 fully saturated rings. The van der Waals surface area contributed by atoms with E-state index < -0.39 is 5.79 Å². The molecule has 1 aliphatic carbocycles. The summed E-state index contributed by atoms with van der Waals surface area (Å²) in [4.78, 5) is 0. The summed E-state index contributed by atoms with van der Waals surface area (Å²) < 4.78 is 0. The van der Waals surface area contributed by atoms with Crippen molar-refractivity contribution in [2.24, 2.45) is 0 Å². The first-order valence-electron chi connectivity index (χ1n) is 2.68. The van der Waals surface area contributed by atoms with Gasteiger partial charge in [-0.3, -0.25) is 0 Å². The van der Waals surface area contributed by atoms with E-state index in [0.717, 1.165) is 12.8 Å². The maximum atomic E-state index is 8.86. The van der Waals surface area contributed by atoms with E-state index in [-0.39, 0.29) is 0 Å². The van der Waals surface area contributed by atoms with Gasteiger partial charge in [0.15, 0.2) is 0 Å². The fourth-order valence-electron chi connectivity index (χ4n) is 0.960. The van der Waals surface area contributed by atoms with Crippen LogP contribution in [0.3, 0.4) is 0 Å². The minimum Gasteiger partial charge on any atom is -0.419 e. The fraction of sp³-hybridized carbons (Fsp3) is 1.00. The van der Waals surface area contributed by atoms with Gasteiger partial charge in [-0.1, -0.05) is 0 Å². The highest BCUT2D eigenvalue weighted by atomic mass is 16.5. The van der Waals surface area contributed by atoms with Crippen LogP contribution >= 0.6 is 0 Å². The molecule has 1 aliphatic rings. The van der Waals surface area contributed by atoms with Gasteiger partial charge in [0.05, 0.1) is 12.8 Å². The lowest BCUT2D eigenvalue weighted by Gasteiger charge is -2.05. The fourth-order valence-corrected chi connectivity index (χ4v) is 0.960. The Hall–Kier alpha value is -0.0800. The molecule has 2 heteroatoms. The molecular formula is C5H11O2+. The van der Waals surface area contributed by atoms with Crippen LogP contribution in [0.5, 0.6) is 0 Å². The molecule has 0 spiro atoms. The van der Waals surface area contributed by atoms with Crippen molar-refractivity contribution in [1.29, 1.82) is 0 Å². The summed E-state index contributed by atoms with van der Waals surface area (Å²) in [5, 5.41) is 15.9. The molecule has 2 nitrogen and oxygen atoms in total. The Morgan fingerprint density at radius 3 is 1.86 bits per heavy atom. The lowest BCUT2D eigenvalue weighted by Crippen LogP contribution is -2.21. The average Bonchev–Trinajstić information content (AvgIpc) is 1.84. The number of aliphatic hydroxyl groups is 1. The minimum atomic E-state index is -1.06. The first kappa shape index (κ1) is 5.06. The van der Waals surface area contributed by atoms with Crippen molar-refractivity contribution in [3.63, 3.8) is 0 Å². The average molecular weight is 103 g/mol. The Balaban J connectivity index is 2.40. The molecule has 1 saturated carbocycles. The maximum absolute atomic E-state index is 8.86. The van der Waals surface area contributed by atoms with Gasteiger partial charge in [0.2, 0.25) is 0 Å². The number of hydrogen-bond donors (Lipinski definition) is 1. The summed E-state index contributed by atoms with van der Waals surface area (Å²) in [7, 11) is 0. The molecule has 0 aliphatic heterocycles. The molecule has 0 atom stereocenters. The van der Waals surface area contributed by atoms with Crippen LogP contribution in [0.1, 0.15) is 25.7 Å². The van der Waals surface area contributed by atoms with Crippen molar-refractivity contribution >= 4 is 0 Å². The zero-order valence-corrected chi connectivity index (χ0v) is 4.28. The second-order valence-corrected chi connectivity index (χ2v) is 2.24. The van der Waals surface area contributed by atoms with Crippen LogP contribution in [0.2, 0.25) is 0 Å². The van der Waals surface area contributed by atoms with E-state index in [1.165, 1.54) is 0 Å². The van der Waals surface area contributed by atoms with Crippen molar-refractivity contribution < 1.29 is 10.2 Å². The first-order valence-corrected chi connectivity index (χ1v) is 2.68. The lowest BCUT2D eigenvalue weighted by atomic mass is 10.2. The van der Waals surface area contributed by atoms with Crippen LogP contribution in [-0.4, -0.2) is 16.0 Å². The Morgan fingerprint density at radius 1 is 1.29 bits per heavy atom. The molecule has 1 rings (SSSR count). The third-order valence-corrected chi connectivity index (χ3v) is 1.43. The molecule has 0 saturated heterocycles. The highest BCUT2D eigenvalue weighted by Gasteiger charge is 2.32. The summed E-state index contributed by atoms with van der Waals surface area (Å²) >= 11 is 0. The van der Waals surface area contributed by atoms with Crippen molar-refractivity contribution in [1.82, 2.24) is 0 Å². The molecule has 0 aromatic carbocycles. The molecule has 7 heavy (non-hydrogen) atoms. The summed E-state index contributed by atoms with van der Waals surface area (Å²) in [6, 6.07) is 0. The lowest BCUT2D eigenvalue weighted by molar-refractivity contribution is -0.152. The van der Waals surface area contributed by atoms with Gasteiger partial charge in [0.1, 0.15) is 0 Å². The highest BCUT2D eigenvalue weighted by molar-refractivity contribution is 4.71. The van der Waals surface area contributed by atoms with Gasteiger partial charge < -0.3 is 10.2 Å². The zero-order valence-electron chi connectivity index (χ0n) is 4.28. The smallest absolute Gasteiger partial charge is 0.270 e. The Labute approximate surface area is 42.8 Å². The molecule has 0 heterocycles. The van der Waals surface area contributed by atoms with Gasteiger partial charge in [-0.25, -0.2) is 0 Å². The van der Waals surface area contributed by atoms with Crippen LogP contribution in [0.25, 0.3) is 0 Å². The Kier molecular flexibility index (Phi) is 1.05. The van der Waals surface area contributed by atoms with Gasteiger partial charge in [-0.2, -0.15) is 0 Å². The van der Waals surface area contributed by atoms with E-state index in [1.807, 2.05) is 0 Å². The van der Waals surface area contributed by atoms with Crippen molar-refractivity contribution in [3.05, 3.63) is 0 Å². The minimum absolute atomic E-state index is 0.674. The molecule has 0 unspecified atom stereocenters. The van der Waals surface area contributed by atoms with Crippen molar-refractivity contribution in [2.75, 3.05) is 0 Å². The summed E-state index contributed by atoms with van der Waals surface area (Å²) in [6.45, 7) is 0. The van der Waals surface area contributed by atoms with Crippen molar-refractivity contribution in [2.45, 2.75) is 31.5 Å². The van der Waals surface area contributed by atoms with Crippen LogP contribution < -0.4 is 0 Å². The third-order valence-electron chi connectivity index (χ3n) is 1.43. The monoisotopic (exact) mass is 103 g/mol. The Bertz CT molecular complexity index is 60.5. The molecule has 0 amide bonds. The molecule has 0 radical (unpaired) electrons. The number of hydrogen-bond acceptors (Lipinski definition) is 1. The predicted octanol–water partition coefficient (Wildman–Crippen LogP) is -0.0264. The molecular weight excluding hydrogens is 92.1 g/mol. The normalized spacial score (nSPS) is 28.3. The highest BCUT2D eigenvalue weighted by Crippen LogP contribution is 2.25. The summed E-state index contributed by atoms with van der Waals surface area (Å²) in [5.74, 6) is -1.06. The van der Waals surface area contributed by atoms with Gasteiger partial charge in [0.25, 0.3) is 5.79 Å². The van der Waals surface area contributed by atoms with E-state index in [2.05, 4.69) is 0 Å². The molecule has 42 valence electrons. The number of rotatable bonds is 0. The largest absolute Gasteiger partial charge is 0.419 e. The standard InChI is InChI=1S/C5H10O2/c6-5(7)3-1-2-4-5/h6-7H,1-4H2/p+1.